The van der Waals surface area contributed by atoms with Gasteiger partial charge in [0, 0.05) is 30.3 Å². The number of methoxy groups -OCH3 is 1. The topological polar surface area (TPSA) is 69.9 Å². The molecule has 3 heterocycles. The molecule has 1 fully saturated rings. The van der Waals surface area contributed by atoms with E-state index in [1.165, 1.54) is 13.0 Å². The van der Waals surface area contributed by atoms with Gasteiger partial charge in [-0.15, -0.1) is 0 Å². The van der Waals surface area contributed by atoms with Crippen molar-refractivity contribution in [3.05, 3.63) is 59.4 Å². The maximum absolute atomic E-state index is 13.5. The van der Waals surface area contributed by atoms with E-state index in [0.717, 1.165) is 23.4 Å². The van der Waals surface area contributed by atoms with Gasteiger partial charge in [-0.25, -0.2) is 4.98 Å². The second kappa shape index (κ2) is 8.92. The number of fused-ring (bicyclic) bond motifs is 3. The van der Waals surface area contributed by atoms with Crippen LogP contribution in [0.5, 0.6) is 11.5 Å². The van der Waals surface area contributed by atoms with E-state index in [1.807, 2.05) is 23.5 Å². The molecular formula is C25H25F3N4O3. The number of alkyl halides is 3. The molecule has 1 N–H and O–H groups in total. The van der Waals surface area contributed by atoms with Gasteiger partial charge in [0.25, 0.3) is 0 Å². The van der Waals surface area contributed by atoms with Crippen LogP contribution in [0.25, 0.3) is 16.7 Å². The van der Waals surface area contributed by atoms with E-state index in [-0.39, 0.29) is 11.7 Å². The highest BCUT2D eigenvalue weighted by molar-refractivity contribution is 5.94. The molecule has 1 aliphatic heterocycles. The third kappa shape index (κ3) is 4.34. The molecule has 0 bridgehead atoms. The van der Waals surface area contributed by atoms with Crippen LogP contribution in [-0.2, 0) is 10.9 Å². The van der Waals surface area contributed by atoms with Gasteiger partial charge in [0.2, 0.25) is 5.78 Å². The first-order valence-corrected chi connectivity index (χ1v) is 11.3. The monoisotopic (exact) mass is 486 g/mol. The van der Waals surface area contributed by atoms with Crippen LogP contribution in [0.1, 0.15) is 36.1 Å². The van der Waals surface area contributed by atoms with Gasteiger partial charge in [0.05, 0.1) is 37.4 Å². The van der Waals surface area contributed by atoms with Gasteiger partial charge in [-0.05, 0) is 37.1 Å². The fraction of sp³-hybridized carbons (Fsp3) is 0.360. The molecule has 184 valence electrons. The Morgan fingerprint density at radius 3 is 2.77 bits per heavy atom. The van der Waals surface area contributed by atoms with Gasteiger partial charge in [0.1, 0.15) is 11.9 Å². The molecule has 2 atom stereocenters. The van der Waals surface area contributed by atoms with Crippen molar-refractivity contribution in [3.63, 3.8) is 0 Å². The molecule has 0 amide bonds. The van der Waals surface area contributed by atoms with Gasteiger partial charge in [-0.2, -0.15) is 18.2 Å². The molecule has 0 spiro atoms. The number of nitrogens with zero attached hydrogens (tertiary/aromatic N) is 3. The Morgan fingerprint density at radius 1 is 1.23 bits per heavy atom. The summed E-state index contributed by atoms with van der Waals surface area (Å²) in [5.74, 6) is 2.03. The Hall–Kier alpha value is -3.53. The summed E-state index contributed by atoms with van der Waals surface area (Å²) in [7, 11) is 1.57. The largest absolute Gasteiger partial charge is 0.493 e. The Balaban J connectivity index is 1.60. The Labute approximate surface area is 199 Å². The van der Waals surface area contributed by atoms with Gasteiger partial charge < -0.3 is 19.5 Å². The molecule has 1 saturated heterocycles. The van der Waals surface area contributed by atoms with Crippen molar-refractivity contribution in [3.8, 4) is 11.5 Å². The molecule has 0 unspecified atom stereocenters. The number of nitrogens with one attached hydrogen (secondary N) is 1. The van der Waals surface area contributed by atoms with Crippen LogP contribution < -0.4 is 14.8 Å². The predicted molar refractivity (Wildman–Crippen MR) is 125 cm³/mol. The van der Waals surface area contributed by atoms with Gasteiger partial charge in [-0.1, -0.05) is 12.1 Å². The number of imidazole rings is 1. The molecule has 4 aromatic rings. The summed E-state index contributed by atoms with van der Waals surface area (Å²) in [6.45, 7) is 4.43. The summed E-state index contributed by atoms with van der Waals surface area (Å²) >= 11 is 0. The lowest BCUT2D eigenvalue weighted by molar-refractivity contribution is -0.138. The molecule has 0 saturated carbocycles. The minimum atomic E-state index is -4.42. The van der Waals surface area contributed by atoms with Crippen molar-refractivity contribution >= 4 is 22.5 Å². The average molecular weight is 486 g/mol. The molecular weight excluding hydrogens is 461 g/mol. The third-order valence-electron chi connectivity index (χ3n) is 6.31. The van der Waals surface area contributed by atoms with E-state index in [0.29, 0.717) is 41.9 Å². The maximum atomic E-state index is 13.5. The van der Waals surface area contributed by atoms with Crippen LogP contribution in [0, 0.1) is 6.92 Å². The van der Waals surface area contributed by atoms with Gasteiger partial charge in [0.15, 0.2) is 11.5 Å². The molecule has 0 radical (unpaired) electrons. The summed E-state index contributed by atoms with van der Waals surface area (Å²) in [5.41, 5.74) is 0.836. The number of hydrogen-bond donors (Lipinski definition) is 1. The summed E-state index contributed by atoms with van der Waals surface area (Å²) < 4.78 is 59.4. The van der Waals surface area contributed by atoms with Crippen molar-refractivity contribution in [1.29, 1.82) is 0 Å². The molecule has 5 rings (SSSR count). The van der Waals surface area contributed by atoms with E-state index in [9.17, 15) is 13.2 Å². The van der Waals surface area contributed by atoms with Crippen molar-refractivity contribution in [2.45, 2.75) is 38.6 Å². The van der Waals surface area contributed by atoms with Crippen molar-refractivity contribution in [2.75, 3.05) is 25.6 Å². The highest BCUT2D eigenvalue weighted by Crippen LogP contribution is 2.39. The average Bonchev–Trinajstić information content (AvgIpc) is 3.50. The van der Waals surface area contributed by atoms with Crippen LogP contribution >= 0.6 is 0 Å². The predicted octanol–water partition coefficient (Wildman–Crippen LogP) is 5.56. The number of halogens is 3. The number of benzene rings is 2. The molecule has 10 heteroatoms. The maximum Gasteiger partial charge on any atom is 0.416 e. The van der Waals surface area contributed by atoms with E-state index >= 15 is 0 Å². The van der Waals surface area contributed by atoms with Crippen LogP contribution in [0.2, 0.25) is 0 Å². The summed E-state index contributed by atoms with van der Waals surface area (Å²) in [4.78, 5) is 8.96. The zero-order valence-electron chi connectivity index (χ0n) is 19.5. The van der Waals surface area contributed by atoms with Crippen molar-refractivity contribution in [2.24, 2.45) is 0 Å². The SMILES string of the molecule is COc1cc2c(cc1O[C@H]1CCOC1)c(N[C@H](C)c1cccc(C(F)(F)F)c1C)nc1nccn12. The van der Waals surface area contributed by atoms with Crippen LogP contribution in [0.3, 0.4) is 0 Å². The zero-order chi connectivity index (χ0) is 24.7. The number of rotatable bonds is 6. The van der Waals surface area contributed by atoms with Crippen LogP contribution in [-0.4, -0.2) is 40.8 Å². The van der Waals surface area contributed by atoms with Crippen LogP contribution in [0.15, 0.2) is 42.7 Å². The van der Waals surface area contributed by atoms with E-state index in [4.69, 9.17) is 14.2 Å². The number of aromatic nitrogens is 3. The van der Waals surface area contributed by atoms with Crippen molar-refractivity contribution < 1.29 is 27.4 Å². The second-order valence-electron chi connectivity index (χ2n) is 8.56. The first-order chi connectivity index (χ1) is 16.8. The summed E-state index contributed by atoms with van der Waals surface area (Å²) in [6.07, 6.45) is -0.309. The Morgan fingerprint density at radius 2 is 2.06 bits per heavy atom. The fourth-order valence-corrected chi connectivity index (χ4v) is 4.52. The third-order valence-corrected chi connectivity index (χ3v) is 6.31. The Kier molecular flexibility index (Phi) is 5.92. The molecule has 1 aliphatic rings. The molecule has 2 aromatic heterocycles. The van der Waals surface area contributed by atoms with E-state index in [2.05, 4.69) is 15.3 Å². The smallest absolute Gasteiger partial charge is 0.416 e. The number of anilines is 1. The lowest BCUT2D eigenvalue weighted by atomic mass is 9.97. The lowest BCUT2D eigenvalue weighted by Gasteiger charge is -2.22. The van der Waals surface area contributed by atoms with E-state index < -0.39 is 17.8 Å². The standard InChI is InChI=1S/C25H25F3N4O3/c1-14-17(5-4-6-19(14)25(26,27)28)15(2)30-23-18-11-22(35-16-7-10-34-13-16)21(33-3)12-20(18)32-9-8-29-24(32)31-23/h4-6,8-9,11-12,15-16H,7,10,13H2,1-3H3,(H,29,30,31)/t15-,16+/m1/s1. The van der Waals surface area contributed by atoms with Crippen molar-refractivity contribution in [1.82, 2.24) is 14.4 Å². The first-order valence-electron chi connectivity index (χ1n) is 11.3. The molecule has 2 aromatic carbocycles. The zero-order valence-corrected chi connectivity index (χ0v) is 19.5. The normalized spacial score (nSPS) is 17.1. The van der Waals surface area contributed by atoms with Gasteiger partial charge in [-0.3, -0.25) is 4.40 Å². The minimum absolute atomic E-state index is 0.0885. The second-order valence-corrected chi connectivity index (χ2v) is 8.56. The molecule has 35 heavy (non-hydrogen) atoms. The minimum Gasteiger partial charge on any atom is -0.493 e. The highest BCUT2D eigenvalue weighted by Gasteiger charge is 2.33. The number of hydrogen-bond acceptors (Lipinski definition) is 6. The lowest BCUT2D eigenvalue weighted by Crippen LogP contribution is -2.16. The van der Waals surface area contributed by atoms with E-state index in [1.54, 1.807) is 25.6 Å². The summed E-state index contributed by atoms with van der Waals surface area (Å²) in [5, 5.41) is 4.03. The molecule has 7 nitrogen and oxygen atoms in total. The van der Waals surface area contributed by atoms with Gasteiger partial charge >= 0.3 is 6.18 Å². The highest BCUT2D eigenvalue weighted by atomic mass is 19.4. The Bertz CT molecular complexity index is 1380. The number of ether oxygens (including phenoxy) is 3. The summed E-state index contributed by atoms with van der Waals surface area (Å²) in [6, 6.07) is 7.44. The van der Waals surface area contributed by atoms with Crippen LogP contribution in [0.4, 0.5) is 19.0 Å². The molecule has 0 aliphatic carbocycles. The fourth-order valence-electron chi connectivity index (χ4n) is 4.52. The first kappa shape index (κ1) is 23.2. The quantitative estimate of drug-likeness (QED) is 0.385.